The number of hydrogen-bond acceptors (Lipinski definition) is 5. The molecule has 3 N–H and O–H groups in total. The predicted molar refractivity (Wildman–Crippen MR) is 88.8 cm³/mol. The Morgan fingerprint density at radius 1 is 1.12 bits per heavy atom. The van der Waals surface area contributed by atoms with Crippen molar-refractivity contribution in [3.63, 3.8) is 0 Å². The molecule has 1 heterocycles. The number of thiocarbonyl (C=S) groups is 1. The molecule has 0 atom stereocenters. The molecule has 0 aliphatic heterocycles. The van der Waals surface area contributed by atoms with Gasteiger partial charge in [0.2, 0.25) is 5.91 Å². The summed E-state index contributed by atoms with van der Waals surface area (Å²) in [6.45, 7) is 0. The van der Waals surface area contributed by atoms with Crippen LogP contribution in [-0.2, 0) is 4.79 Å². The van der Waals surface area contributed by atoms with Gasteiger partial charge in [0, 0.05) is 18.5 Å². The second-order valence-electron chi connectivity index (χ2n) is 4.37. The second kappa shape index (κ2) is 8.44. The predicted octanol–water partition coefficient (Wildman–Crippen LogP) is 0.965. The monoisotopic (exact) mass is 345 g/mol. The Labute approximate surface area is 142 Å². The molecular weight excluding hydrogens is 333 g/mol. The first kappa shape index (κ1) is 17.2. The first-order valence-corrected chi connectivity index (χ1v) is 7.06. The zero-order chi connectivity index (χ0) is 17.4. The number of halogens is 1. The van der Waals surface area contributed by atoms with Crippen LogP contribution in [0.25, 0.3) is 6.08 Å². The summed E-state index contributed by atoms with van der Waals surface area (Å²) in [6.07, 6.45) is 6.81. The fourth-order valence-electron chi connectivity index (χ4n) is 1.52. The average molecular weight is 345 g/mol. The van der Waals surface area contributed by atoms with E-state index in [2.05, 4.69) is 26.1 Å². The molecule has 0 spiro atoms. The van der Waals surface area contributed by atoms with Crippen LogP contribution in [-0.4, -0.2) is 26.9 Å². The van der Waals surface area contributed by atoms with E-state index in [1.54, 1.807) is 0 Å². The summed E-state index contributed by atoms with van der Waals surface area (Å²) >= 11 is 4.87. The van der Waals surface area contributed by atoms with E-state index in [0.29, 0.717) is 5.56 Å². The molecule has 122 valence electrons. The molecule has 1 aromatic heterocycles. The van der Waals surface area contributed by atoms with Gasteiger partial charge in [-0.3, -0.25) is 30.7 Å². The van der Waals surface area contributed by atoms with Crippen LogP contribution in [0.5, 0.6) is 0 Å². The van der Waals surface area contributed by atoms with E-state index in [-0.39, 0.29) is 16.6 Å². The number of hydrogen-bond donors (Lipinski definition) is 3. The highest BCUT2D eigenvalue weighted by Crippen LogP contribution is 2.04. The van der Waals surface area contributed by atoms with Crippen molar-refractivity contribution < 1.29 is 14.0 Å². The van der Waals surface area contributed by atoms with E-state index < -0.39 is 11.8 Å². The number of benzene rings is 1. The number of nitrogens with zero attached hydrogens (tertiary/aromatic N) is 2. The molecule has 2 rings (SSSR count). The fraction of sp³-hybridized carbons (Fsp3) is 0. The van der Waals surface area contributed by atoms with E-state index in [1.807, 2.05) is 0 Å². The highest BCUT2D eigenvalue weighted by atomic mass is 32.1. The number of carbonyl (C=O) groups is 2. The maximum Gasteiger partial charge on any atom is 0.289 e. The molecular formula is C15H12FN5O2S. The van der Waals surface area contributed by atoms with Gasteiger partial charge in [-0.15, -0.1) is 0 Å². The first-order valence-electron chi connectivity index (χ1n) is 6.65. The van der Waals surface area contributed by atoms with Crippen molar-refractivity contribution in [2.24, 2.45) is 0 Å². The van der Waals surface area contributed by atoms with Gasteiger partial charge in [-0.2, -0.15) is 0 Å². The van der Waals surface area contributed by atoms with Crippen LogP contribution in [0, 0.1) is 5.82 Å². The van der Waals surface area contributed by atoms with Gasteiger partial charge in [0.05, 0.1) is 6.20 Å². The van der Waals surface area contributed by atoms with E-state index in [1.165, 1.54) is 55.0 Å². The van der Waals surface area contributed by atoms with Crippen LogP contribution >= 0.6 is 12.2 Å². The van der Waals surface area contributed by atoms with Gasteiger partial charge >= 0.3 is 0 Å². The lowest BCUT2D eigenvalue weighted by atomic mass is 10.2. The lowest BCUT2D eigenvalue weighted by molar-refractivity contribution is -0.115. The zero-order valence-electron chi connectivity index (χ0n) is 12.2. The van der Waals surface area contributed by atoms with E-state index in [0.717, 1.165) is 0 Å². The molecule has 7 nitrogen and oxygen atoms in total. The minimum atomic E-state index is -0.554. The van der Waals surface area contributed by atoms with Gasteiger partial charge in [0.15, 0.2) is 5.11 Å². The van der Waals surface area contributed by atoms with Crippen molar-refractivity contribution in [1.29, 1.82) is 0 Å². The molecule has 0 bridgehead atoms. The maximum atomic E-state index is 12.8. The number of amides is 2. The van der Waals surface area contributed by atoms with E-state index in [4.69, 9.17) is 12.2 Å². The third-order valence-electron chi connectivity index (χ3n) is 2.62. The molecule has 0 saturated carbocycles. The number of nitrogens with one attached hydrogen (secondary N) is 3. The van der Waals surface area contributed by atoms with Gasteiger partial charge in [-0.25, -0.2) is 9.37 Å². The Bertz CT molecular complexity index is 765. The molecule has 24 heavy (non-hydrogen) atoms. The summed E-state index contributed by atoms with van der Waals surface area (Å²) in [5, 5.41) is 2.24. The van der Waals surface area contributed by atoms with Crippen LogP contribution in [0.15, 0.2) is 48.9 Å². The number of carbonyl (C=O) groups excluding carboxylic acids is 2. The minimum absolute atomic E-state index is 0.0929. The molecule has 0 aliphatic carbocycles. The Morgan fingerprint density at radius 3 is 2.54 bits per heavy atom. The highest BCUT2D eigenvalue weighted by Gasteiger charge is 2.07. The largest absolute Gasteiger partial charge is 0.298 e. The zero-order valence-corrected chi connectivity index (χ0v) is 13.0. The van der Waals surface area contributed by atoms with Crippen LogP contribution in [0.1, 0.15) is 16.1 Å². The summed E-state index contributed by atoms with van der Waals surface area (Å²) in [5.41, 5.74) is 5.38. The summed E-state index contributed by atoms with van der Waals surface area (Å²) in [6, 6.07) is 5.62. The van der Waals surface area contributed by atoms with Crippen molar-refractivity contribution in [3.8, 4) is 0 Å². The summed E-state index contributed by atoms with van der Waals surface area (Å²) in [5.74, 6) is -1.42. The van der Waals surface area contributed by atoms with Crippen LogP contribution < -0.4 is 16.2 Å². The number of aromatic nitrogens is 2. The molecule has 2 amide bonds. The maximum absolute atomic E-state index is 12.8. The van der Waals surface area contributed by atoms with Crippen molar-refractivity contribution >= 4 is 35.2 Å². The molecule has 0 unspecified atom stereocenters. The average Bonchev–Trinajstić information content (AvgIpc) is 2.60. The second-order valence-corrected chi connectivity index (χ2v) is 4.78. The number of hydrazine groups is 1. The molecule has 0 aliphatic rings. The van der Waals surface area contributed by atoms with E-state index >= 15 is 0 Å². The van der Waals surface area contributed by atoms with Crippen LogP contribution in [0.2, 0.25) is 0 Å². The highest BCUT2D eigenvalue weighted by molar-refractivity contribution is 7.80. The Hall–Kier alpha value is -3.20. The summed E-state index contributed by atoms with van der Waals surface area (Å²) < 4.78 is 12.8. The lowest BCUT2D eigenvalue weighted by Crippen LogP contribution is -2.48. The van der Waals surface area contributed by atoms with Gasteiger partial charge in [-0.1, -0.05) is 12.1 Å². The lowest BCUT2D eigenvalue weighted by Gasteiger charge is -2.08. The molecule has 2 aromatic rings. The quantitative estimate of drug-likeness (QED) is 0.436. The normalized spacial score (nSPS) is 10.2. The molecule has 0 fully saturated rings. The van der Waals surface area contributed by atoms with Gasteiger partial charge in [0.1, 0.15) is 11.5 Å². The topological polar surface area (TPSA) is 96.0 Å². The van der Waals surface area contributed by atoms with Gasteiger partial charge < -0.3 is 0 Å². The van der Waals surface area contributed by atoms with Gasteiger partial charge in [0.25, 0.3) is 5.91 Å². The molecule has 0 saturated heterocycles. The van der Waals surface area contributed by atoms with E-state index in [9.17, 15) is 14.0 Å². The van der Waals surface area contributed by atoms with Crippen LogP contribution in [0.4, 0.5) is 4.39 Å². The molecule has 0 radical (unpaired) electrons. The van der Waals surface area contributed by atoms with Crippen molar-refractivity contribution in [3.05, 3.63) is 66.0 Å². The number of rotatable bonds is 3. The first-order chi connectivity index (χ1) is 11.5. The summed E-state index contributed by atoms with van der Waals surface area (Å²) in [4.78, 5) is 30.9. The Balaban J connectivity index is 1.78. The Morgan fingerprint density at radius 2 is 1.88 bits per heavy atom. The third-order valence-corrected chi connectivity index (χ3v) is 2.82. The fourth-order valence-corrected chi connectivity index (χ4v) is 1.68. The van der Waals surface area contributed by atoms with Crippen molar-refractivity contribution in [2.75, 3.05) is 0 Å². The van der Waals surface area contributed by atoms with Crippen LogP contribution in [0.3, 0.4) is 0 Å². The van der Waals surface area contributed by atoms with Crippen molar-refractivity contribution in [1.82, 2.24) is 26.1 Å². The van der Waals surface area contributed by atoms with Crippen molar-refractivity contribution in [2.45, 2.75) is 0 Å². The molecule has 1 aromatic carbocycles. The third kappa shape index (κ3) is 5.54. The molecule has 9 heteroatoms. The standard InChI is InChI=1S/C15H12FN5O2S/c16-11-4-1-10(2-5-11)3-6-13(22)19-15(24)21-20-14(23)12-9-17-7-8-18-12/h1-9H,(H,20,23)(H2,19,21,22,24)/b6-3+. The SMILES string of the molecule is O=C(/C=C/c1ccc(F)cc1)NC(=S)NNC(=O)c1cnccn1. The summed E-state index contributed by atoms with van der Waals surface area (Å²) in [7, 11) is 0. The minimum Gasteiger partial charge on any atom is -0.298 e. The smallest absolute Gasteiger partial charge is 0.289 e. The van der Waals surface area contributed by atoms with Gasteiger partial charge in [-0.05, 0) is 36.0 Å². The Kier molecular flexibility index (Phi) is 6.03.